The first-order chi connectivity index (χ1) is 5.75. The van der Waals surface area contributed by atoms with Crippen molar-refractivity contribution in [2.75, 3.05) is 5.32 Å². The summed E-state index contributed by atoms with van der Waals surface area (Å²) in [6, 6.07) is 5.84. The van der Waals surface area contributed by atoms with Crippen molar-refractivity contribution in [3.8, 4) is 0 Å². The number of nitrogens with one attached hydrogen (secondary N) is 1. The number of hydrogen-bond acceptors (Lipinski definition) is 2. The summed E-state index contributed by atoms with van der Waals surface area (Å²) in [5, 5.41) is 2.81. The molecule has 1 aromatic rings. The lowest BCUT2D eigenvalue weighted by molar-refractivity contribution is -0.116. The largest absolute Gasteiger partial charge is 0.326 e. The van der Waals surface area contributed by atoms with Gasteiger partial charge in [-0.1, -0.05) is 6.07 Å². The number of fused-ring (bicyclic) bond motifs is 1. The summed E-state index contributed by atoms with van der Waals surface area (Å²) in [4.78, 5) is 11.9. The predicted molar refractivity (Wildman–Crippen MR) is 50.6 cm³/mol. The third kappa shape index (κ3) is 1.32. The number of carbonyl (C=O) groups is 1. The Morgan fingerprint density at radius 3 is 3.00 bits per heavy atom. The number of hydrogen-bond donors (Lipinski definition) is 2. The molecule has 0 spiro atoms. The van der Waals surface area contributed by atoms with Gasteiger partial charge in [-0.3, -0.25) is 4.79 Å². The highest BCUT2D eigenvalue weighted by molar-refractivity contribution is 7.80. The van der Waals surface area contributed by atoms with Crippen LogP contribution in [0.25, 0.3) is 0 Å². The van der Waals surface area contributed by atoms with Crippen LogP contribution in [0, 0.1) is 0 Å². The van der Waals surface area contributed by atoms with E-state index in [-0.39, 0.29) is 5.91 Å². The van der Waals surface area contributed by atoms with Gasteiger partial charge in [0.15, 0.2) is 0 Å². The smallest absolute Gasteiger partial charge is 0.224 e. The van der Waals surface area contributed by atoms with E-state index in [2.05, 4.69) is 17.9 Å². The van der Waals surface area contributed by atoms with Gasteiger partial charge in [-0.2, -0.15) is 0 Å². The molecule has 2 rings (SSSR count). The van der Waals surface area contributed by atoms with E-state index in [1.807, 2.05) is 18.2 Å². The third-order valence-corrected chi connectivity index (χ3v) is 2.27. The molecule has 1 heterocycles. The zero-order valence-corrected chi connectivity index (χ0v) is 7.40. The molecule has 0 aromatic heterocycles. The maximum Gasteiger partial charge on any atom is 0.224 e. The van der Waals surface area contributed by atoms with Crippen LogP contribution < -0.4 is 5.32 Å². The zero-order chi connectivity index (χ0) is 8.55. The molecule has 3 heteroatoms. The summed E-state index contributed by atoms with van der Waals surface area (Å²) in [5.74, 6) is 0.0985. The minimum Gasteiger partial charge on any atom is -0.326 e. The molecule has 0 unspecified atom stereocenters. The van der Waals surface area contributed by atoms with Crippen molar-refractivity contribution in [3.05, 3.63) is 23.8 Å². The van der Waals surface area contributed by atoms with E-state index in [4.69, 9.17) is 0 Å². The molecular formula is C9H9NOS. The van der Waals surface area contributed by atoms with E-state index >= 15 is 0 Å². The number of benzene rings is 1. The second kappa shape index (κ2) is 2.83. The fourth-order valence-corrected chi connectivity index (χ4v) is 1.56. The van der Waals surface area contributed by atoms with Gasteiger partial charge in [0.1, 0.15) is 0 Å². The number of rotatable bonds is 0. The SMILES string of the molecule is O=C1CCc2ccc(S)cc2N1. The summed E-state index contributed by atoms with van der Waals surface area (Å²) >= 11 is 4.20. The van der Waals surface area contributed by atoms with Crippen LogP contribution in [0.5, 0.6) is 0 Å². The van der Waals surface area contributed by atoms with Gasteiger partial charge in [-0.05, 0) is 24.1 Å². The Hall–Kier alpha value is -0.960. The standard InChI is InChI=1S/C9H9NOS/c11-9-4-2-6-1-3-7(12)5-8(6)10-9/h1,3,5,12H,2,4H2,(H,10,11). The molecule has 12 heavy (non-hydrogen) atoms. The van der Waals surface area contributed by atoms with Crippen molar-refractivity contribution in [2.24, 2.45) is 0 Å². The summed E-state index contributed by atoms with van der Waals surface area (Å²) in [7, 11) is 0. The molecule has 0 bridgehead atoms. The molecule has 1 N–H and O–H groups in total. The highest BCUT2D eigenvalue weighted by Crippen LogP contribution is 2.24. The maximum atomic E-state index is 11.0. The fourth-order valence-electron chi connectivity index (χ4n) is 1.36. The molecule has 0 radical (unpaired) electrons. The predicted octanol–water partition coefficient (Wildman–Crippen LogP) is 1.86. The lowest BCUT2D eigenvalue weighted by Gasteiger charge is -2.16. The van der Waals surface area contributed by atoms with Gasteiger partial charge in [-0.25, -0.2) is 0 Å². The van der Waals surface area contributed by atoms with Crippen LogP contribution in [0.3, 0.4) is 0 Å². The minimum atomic E-state index is 0.0985. The van der Waals surface area contributed by atoms with E-state index in [1.54, 1.807) is 0 Å². The normalized spacial score (nSPS) is 15.2. The first kappa shape index (κ1) is 7.68. The van der Waals surface area contributed by atoms with E-state index in [9.17, 15) is 4.79 Å². The van der Waals surface area contributed by atoms with Crippen molar-refractivity contribution in [1.82, 2.24) is 0 Å². The van der Waals surface area contributed by atoms with Gasteiger partial charge >= 0.3 is 0 Å². The van der Waals surface area contributed by atoms with Crippen LogP contribution in [0.2, 0.25) is 0 Å². The number of aryl methyl sites for hydroxylation is 1. The molecule has 0 saturated heterocycles. The van der Waals surface area contributed by atoms with Crippen LogP contribution in [0.1, 0.15) is 12.0 Å². The maximum absolute atomic E-state index is 11.0. The second-order valence-corrected chi connectivity index (χ2v) is 3.41. The Labute approximate surface area is 76.4 Å². The molecule has 1 amide bonds. The van der Waals surface area contributed by atoms with Gasteiger partial charge < -0.3 is 5.32 Å². The van der Waals surface area contributed by atoms with Gasteiger partial charge in [0.2, 0.25) is 5.91 Å². The Morgan fingerprint density at radius 2 is 2.17 bits per heavy atom. The van der Waals surface area contributed by atoms with Crippen molar-refractivity contribution in [1.29, 1.82) is 0 Å². The van der Waals surface area contributed by atoms with E-state index in [1.165, 1.54) is 5.56 Å². The van der Waals surface area contributed by atoms with Gasteiger partial charge in [0.05, 0.1) is 0 Å². The Balaban J connectivity index is 2.44. The monoisotopic (exact) mass is 179 g/mol. The van der Waals surface area contributed by atoms with Crippen molar-refractivity contribution < 1.29 is 4.79 Å². The van der Waals surface area contributed by atoms with Crippen LogP contribution in [-0.4, -0.2) is 5.91 Å². The number of amides is 1. The molecule has 1 aromatic carbocycles. The van der Waals surface area contributed by atoms with Crippen LogP contribution in [0.15, 0.2) is 23.1 Å². The molecule has 0 atom stereocenters. The molecule has 62 valence electrons. The summed E-state index contributed by atoms with van der Waals surface area (Å²) in [6.45, 7) is 0. The lowest BCUT2D eigenvalue weighted by atomic mass is 10.0. The fraction of sp³-hybridized carbons (Fsp3) is 0.222. The Bertz CT molecular complexity index is 335. The van der Waals surface area contributed by atoms with Crippen LogP contribution in [0.4, 0.5) is 5.69 Å². The highest BCUT2D eigenvalue weighted by atomic mass is 32.1. The van der Waals surface area contributed by atoms with E-state index in [0.717, 1.165) is 17.0 Å². The summed E-state index contributed by atoms with van der Waals surface area (Å²) in [5.41, 5.74) is 2.12. The molecule has 0 aliphatic carbocycles. The summed E-state index contributed by atoms with van der Waals surface area (Å²) in [6.07, 6.45) is 1.44. The summed E-state index contributed by atoms with van der Waals surface area (Å²) < 4.78 is 0. The third-order valence-electron chi connectivity index (χ3n) is 1.99. The average Bonchev–Trinajstić information content (AvgIpc) is 2.03. The van der Waals surface area contributed by atoms with Crippen molar-refractivity contribution in [3.63, 3.8) is 0 Å². The number of anilines is 1. The lowest BCUT2D eigenvalue weighted by Crippen LogP contribution is -2.18. The van der Waals surface area contributed by atoms with E-state index in [0.29, 0.717) is 6.42 Å². The van der Waals surface area contributed by atoms with Gasteiger partial charge in [0.25, 0.3) is 0 Å². The molecule has 1 aliphatic heterocycles. The first-order valence-corrected chi connectivity index (χ1v) is 4.32. The first-order valence-electron chi connectivity index (χ1n) is 3.87. The topological polar surface area (TPSA) is 29.1 Å². The quantitative estimate of drug-likeness (QED) is 0.585. The molecule has 2 nitrogen and oxygen atoms in total. The van der Waals surface area contributed by atoms with Crippen LogP contribution in [-0.2, 0) is 11.2 Å². The molecular weight excluding hydrogens is 170 g/mol. The molecule has 0 fully saturated rings. The van der Waals surface area contributed by atoms with E-state index < -0.39 is 0 Å². The van der Waals surface area contributed by atoms with Crippen molar-refractivity contribution in [2.45, 2.75) is 17.7 Å². The van der Waals surface area contributed by atoms with Gasteiger partial charge in [-0.15, -0.1) is 12.6 Å². The van der Waals surface area contributed by atoms with Crippen LogP contribution >= 0.6 is 12.6 Å². The highest BCUT2D eigenvalue weighted by Gasteiger charge is 2.13. The number of carbonyl (C=O) groups excluding carboxylic acids is 1. The average molecular weight is 179 g/mol. The van der Waals surface area contributed by atoms with Gasteiger partial charge in [0, 0.05) is 17.0 Å². The van der Waals surface area contributed by atoms with Crippen molar-refractivity contribution >= 4 is 24.2 Å². The molecule has 0 saturated carbocycles. The second-order valence-electron chi connectivity index (χ2n) is 2.89. The Kier molecular flexibility index (Phi) is 1.81. The zero-order valence-electron chi connectivity index (χ0n) is 6.50. The molecule has 1 aliphatic rings. The minimum absolute atomic E-state index is 0.0985. The Morgan fingerprint density at radius 1 is 1.33 bits per heavy atom. The number of thiol groups is 1.